The molecule has 36 heavy (non-hydrogen) atoms. The Labute approximate surface area is 216 Å². The van der Waals surface area contributed by atoms with Crippen LogP contribution in [0.15, 0.2) is 35.6 Å². The van der Waals surface area contributed by atoms with Gasteiger partial charge in [-0.25, -0.2) is 14.6 Å². The third-order valence-electron chi connectivity index (χ3n) is 6.99. The van der Waals surface area contributed by atoms with Crippen LogP contribution in [0, 0.1) is 5.41 Å². The second-order valence-corrected chi connectivity index (χ2v) is 11.6. The van der Waals surface area contributed by atoms with E-state index in [0.717, 1.165) is 31.6 Å². The van der Waals surface area contributed by atoms with Crippen LogP contribution < -0.4 is 4.90 Å². The van der Waals surface area contributed by atoms with Crippen LogP contribution in [-0.2, 0) is 14.3 Å². The maximum atomic E-state index is 13.3. The van der Waals surface area contributed by atoms with Gasteiger partial charge in [-0.3, -0.25) is 9.80 Å². The molecule has 0 N–H and O–H groups in total. The lowest BCUT2D eigenvalue weighted by molar-refractivity contribution is -0.137. The molecule has 2 heterocycles. The average molecular weight is 498 g/mol. The molecule has 0 saturated carbocycles. The van der Waals surface area contributed by atoms with Gasteiger partial charge in [-0.2, -0.15) is 0 Å². The highest BCUT2D eigenvalue weighted by Gasteiger charge is 2.37. The first-order valence-electron chi connectivity index (χ1n) is 13.1. The molecule has 198 valence electrons. The number of hydrogen-bond donors (Lipinski definition) is 0. The number of likely N-dealkylation sites (tertiary alicyclic amines) is 1. The van der Waals surface area contributed by atoms with Gasteiger partial charge in [0.15, 0.2) is 0 Å². The Kier molecular flexibility index (Phi) is 8.98. The quantitative estimate of drug-likeness (QED) is 0.261. The zero-order valence-corrected chi connectivity index (χ0v) is 23.1. The van der Waals surface area contributed by atoms with Gasteiger partial charge in [0.25, 0.3) is 0 Å². The van der Waals surface area contributed by atoms with Crippen LogP contribution in [0.2, 0.25) is 0 Å². The summed E-state index contributed by atoms with van der Waals surface area (Å²) in [5.41, 5.74) is 3.44. The summed E-state index contributed by atoms with van der Waals surface area (Å²) in [6.45, 7) is 17.4. The second-order valence-electron chi connectivity index (χ2n) is 11.6. The van der Waals surface area contributed by atoms with Gasteiger partial charge >= 0.3 is 12.1 Å². The summed E-state index contributed by atoms with van der Waals surface area (Å²) >= 11 is 0. The van der Waals surface area contributed by atoms with Gasteiger partial charge in [-0.1, -0.05) is 25.0 Å². The molecular weight excluding hydrogens is 454 g/mol. The number of nitrogens with zero attached hydrogens (tertiary/aromatic N) is 3. The van der Waals surface area contributed by atoms with Crippen LogP contribution >= 0.6 is 0 Å². The summed E-state index contributed by atoms with van der Waals surface area (Å²) in [5.74, 6) is 0.160. The molecule has 1 aromatic rings. The number of anilines is 1. The Morgan fingerprint density at radius 1 is 1.28 bits per heavy atom. The van der Waals surface area contributed by atoms with Crippen molar-refractivity contribution in [3.63, 3.8) is 0 Å². The number of pyridine rings is 1. The van der Waals surface area contributed by atoms with E-state index in [1.165, 1.54) is 30.9 Å². The Morgan fingerprint density at radius 3 is 2.64 bits per heavy atom. The minimum atomic E-state index is -0.607. The van der Waals surface area contributed by atoms with Crippen LogP contribution in [0.1, 0.15) is 79.7 Å². The molecule has 7 heteroatoms. The number of ether oxygens (including phenoxy) is 2. The van der Waals surface area contributed by atoms with E-state index >= 15 is 0 Å². The number of hydrogen-bond acceptors (Lipinski definition) is 6. The van der Waals surface area contributed by atoms with Crippen molar-refractivity contribution in [1.29, 1.82) is 0 Å². The van der Waals surface area contributed by atoms with Crippen molar-refractivity contribution in [2.75, 3.05) is 31.1 Å². The number of carbonyl (C=O) groups is 2. The predicted molar refractivity (Wildman–Crippen MR) is 144 cm³/mol. The van der Waals surface area contributed by atoms with E-state index in [-0.39, 0.29) is 17.6 Å². The molecule has 1 aliphatic heterocycles. The Bertz CT molecular complexity index is 989. The normalized spacial score (nSPS) is 20.6. The van der Waals surface area contributed by atoms with Gasteiger partial charge in [-0.05, 0) is 89.5 Å². The third-order valence-corrected chi connectivity index (χ3v) is 6.99. The highest BCUT2D eigenvalue weighted by Crippen LogP contribution is 2.41. The number of aromatic nitrogens is 1. The Morgan fingerprint density at radius 2 is 2.03 bits per heavy atom. The van der Waals surface area contributed by atoms with Gasteiger partial charge in [0.05, 0.1) is 12.6 Å². The number of carbonyl (C=O) groups excluding carboxylic acids is 2. The fraction of sp³-hybridized carbons (Fsp3) is 0.621. The maximum absolute atomic E-state index is 13.3. The lowest BCUT2D eigenvalue weighted by Crippen LogP contribution is -2.45. The molecule has 1 aliphatic carbocycles. The lowest BCUT2D eigenvalue weighted by atomic mass is 9.72. The summed E-state index contributed by atoms with van der Waals surface area (Å²) in [6, 6.07) is 3.63. The van der Waals surface area contributed by atoms with Crippen LogP contribution in [0.5, 0.6) is 0 Å². The van der Waals surface area contributed by atoms with Crippen molar-refractivity contribution in [3.8, 4) is 0 Å². The smallest absolute Gasteiger partial charge is 0.416 e. The van der Waals surface area contributed by atoms with E-state index in [1.54, 1.807) is 29.7 Å². The highest BCUT2D eigenvalue weighted by atomic mass is 16.6. The lowest BCUT2D eigenvalue weighted by Gasteiger charge is -2.37. The zero-order chi connectivity index (χ0) is 26.5. The van der Waals surface area contributed by atoms with Gasteiger partial charge < -0.3 is 9.47 Å². The summed E-state index contributed by atoms with van der Waals surface area (Å²) in [7, 11) is 0. The molecule has 1 amide bonds. The summed E-state index contributed by atoms with van der Waals surface area (Å²) in [6.07, 6.45) is 8.84. The fourth-order valence-corrected chi connectivity index (χ4v) is 5.15. The first kappa shape index (κ1) is 27.9. The minimum Gasteiger partial charge on any atom is -0.463 e. The van der Waals surface area contributed by atoms with Crippen molar-refractivity contribution >= 4 is 24.0 Å². The third kappa shape index (κ3) is 7.42. The highest BCUT2D eigenvalue weighted by molar-refractivity contribution is 5.88. The molecule has 3 rings (SSSR count). The van der Waals surface area contributed by atoms with E-state index in [9.17, 15) is 9.59 Å². The van der Waals surface area contributed by atoms with E-state index in [1.807, 2.05) is 32.9 Å². The zero-order valence-electron chi connectivity index (χ0n) is 23.1. The van der Waals surface area contributed by atoms with Gasteiger partial charge in [0.1, 0.15) is 11.4 Å². The number of allylic oxidation sites excluding steroid dienone is 1. The second kappa shape index (κ2) is 11.6. The Hall–Kier alpha value is -2.67. The molecule has 0 spiro atoms. The maximum Gasteiger partial charge on any atom is 0.416 e. The first-order chi connectivity index (χ1) is 16.9. The molecule has 1 saturated heterocycles. The monoisotopic (exact) mass is 497 g/mol. The summed E-state index contributed by atoms with van der Waals surface area (Å²) in [5, 5.41) is 0. The molecular formula is C29H43N3O4. The molecule has 2 aliphatic rings. The van der Waals surface area contributed by atoms with E-state index in [0.29, 0.717) is 12.4 Å². The summed E-state index contributed by atoms with van der Waals surface area (Å²) < 4.78 is 10.7. The van der Waals surface area contributed by atoms with Crippen molar-refractivity contribution in [1.82, 2.24) is 9.88 Å². The van der Waals surface area contributed by atoms with Crippen LogP contribution in [0.25, 0.3) is 6.08 Å². The number of amides is 1. The minimum absolute atomic E-state index is 0.0270. The number of esters is 1. The van der Waals surface area contributed by atoms with Crippen molar-refractivity contribution in [2.45, 2.75) is 85.8 Å². The molecule has 1 fully saturated rings. The van der Waals surface area contributed by atoms with Crippen molar-refractivity contribution in [2.24, 2.45) is 5.41 Å². The van der Waals surface area contributed by atoms with Gasteiger partial charge in [0.2, 0.25) is 0 Å². The Balaban J connectivity index is 1.78. The van der Waals surface area contributed by atoms with Crippen LogP contribution in [-0.4, -0.2) is 59.8 Å². The number of rotatable bonds is 7. The SMILES string of the molecule is CCOC(=O)C=Cc1ccc(N(C(=O)OC(C)(C)C)[C@@H]2CCN(CC3=C(C)CCCC3(C)C)C2)nc1. The molecule has 1 atom stereocenters. The summed E-state index contributed by atoms with van der Waals surface area (Å²) in [4.78, 5) is 33.7. The van der Waals surface area contributed by atoms with E-state index in [2.05, 4.69) is 30.7 Å². The van der Waals surface area contributed by atoms with Crippen molar-refractivity contribution < 1.29 is 19.1 Å². The molecule has 0 aromatic carbocycles. The largest absolute Gasteiger partial charge is 0.463 e. The first-order valence-corrected chi connectivity index (χ1v) is 13.1. The molecule has 0 unspecified atom stereocenters. The molecule has 7 nitrogen and oxygen atoms in total. The topological polar surface area (TPSA) is 72.0 Å². The fourth-order valence-electron chi connectivity index (χ4n) is 5.15. The molecule has 1 aromatic heterocycles. The predicted octanol–water partition coefficient (Wildman–Crippen LogP) is 6.00. The standard InChI is InChI=1S/C29H43N3O4/c1-8-35-26(33)14-12-22-11-13-25(30-18-22)32(27(34)36-28(3,4)5)23-15-17-31(19-23)20-24-21(2)10-9-16-29(24,6)7/h11-14,18,23H,8-10,15-17,19-20H2,1-7H3/t23-/m1/s1. The van der Waals surface area contributed by atoms with Gasteiger partial charge in [0, 0.05) is 31.9 Å². The van der Waals surface area contributed by atoms with E-state index < -0.39 is 11.6 Å². The van der Waals surface area contributed by atoms with Crippen LogP contribution in [0.3, 0.4) is 0 Å². The van der Waals surface area contributed by atoms with Crippen molar-refractivity contribution in [3.05, 3.63) is 41.1 Å². The average Bonchev–Trinajstić information content (AvgIpc) is 3.23. The molecule has 0 radical (unpaired) electrons. The molecule has 0 bridgehead atoms. The van der Waals surface area contributed by atoms with Crippen LogP contribution in [0.4, 0.5) is 10.6 Å². The van der Waals surface area contributed by atoms with E-state index in [4.69, 9.17) is 9.47 Å². The van der Waals surface area contributed by atoms with Gasteiger partial charge in [-0.15, -0.1) is 0 Å².